The van der Waals surface area contributed by atoms with Crippen LogP contribution in [0.2, 0.25) is 0 Å². The van der Waals surface area contributed by atoms with Crippen LogP contribution in [-0.2, 0) is 16.0 Å². The maximum atomic E-state index is 12.3. The van der Waals surface area contributed by atoms with Crippen molar-refractivity contribution >= 4 is 22.6 Å². The van der Waals surface area contributed by atoms with Gasteiger partial charge in [-0.15, -0.1) is 0 Å². The van der Waals surface area contributed by atoms with Gasteiger partial charge in [0.1, 0.15) is 12.6 Å². The number of carbonyl (C=O) groups is 2. The lowest BCUT2D eigenvalue weighted by atomic mass is 10.0. The van der Waals surface area contributed by atoms with Crippen LogP contribution in [0.4, 0.5) is 13.2 Å². The molecule has 0 aliphatic heterocycles. The van der Waals surface area contributed by atoms with Crippen molar-refractivity contribution in [3.8, 4) is 0 Å². The van der Waals surface area contributed by atoms with E-state index in [0.29, 0.717) is 0 Å². The molecule has 0 fully saturated rings. The molecule has 0 heterocycles. The van der Waals surface area contributed by atoms with E-state index >= 15 is 0 Å². The summed E-state index contributed by atoms with van der Waals surface area (Å²) in [6, 6.07) is 12.3. The molecule has 0 saturated heterocycles. The summed E-state index contributed by atoms with van der Waals surface area (Å²) in [5.41, 5.74) is 0.763. The van der Waals surface area contributed by atoms with E-state index in [1.54, 1.807) is 13.8 Å². The van der Waals surface area contributed by atoms with Gasteiger partial charge in [-0.2, -0.15) is 13.2 Å². The minimum atomic E-state index is -4.49. The Morgan fingerprint density at radius 1 is 1.04 bits per heavy atom. The second-order valence-corrected chi connectivity index (χ2v) is 6.48. The number of fused-ring (bicyclic) bond motifs is 1. The first kappa shape index (κ1) is 19.8. The van der Waals surface area contributed by atoms with Gasteiger partial charge in [0.15, 0.2) is 0 Å². The molecule has 0 saturated carbocycles. The molecule has 0 aliphatic rings. The molecule has 0 aliphatic carbocycles. The highest BCUT2D eigenvalue weighted by molar-refractivity contribution is 5.89. The van der Waals surface area contributed by atoms with Gasteiger partial charge in [0.05, 0.1) is 6.42 Å². The Morgan fingerprint density at radius 3 is 2.31 bits per heavy atom. The molecule has 0 aromatic heterocycles. The Hall–Kier alpha value is -2.57. The molecule has 0 bridgehead atoms. The van der Waals surface area contributed by atoms with Crippen LogP contribution in [0, 0.1) is 5.92 Å². The Labute approximate surface area is 149 Å². The quantitative estimate of drug-likeness (QED) is 0.825. The normalized spacial score (nSPS) is 12.8. The monoisotopic (exact) mass is 366 g/mol. The Kier molecular flexibility index (Phi) is 6.23. The summed E-state index contributed by atoms with van der Waals surface area (Å²) in [5, 5.41) is 6.38. The smallest absolute Gasteiger partial charge is 0.345 e. The fourth-order valence-corrected chi connectivity index (χ4v) is 2.59. The molecule has 2 N–H and O–H groups in total. The summed E-state index contributed by atoms with van der Waals surface area (Å²) in [4.78, 5) is 24.2. The van der Waals surface area contributed by atoms with Crippen LogP contribution in [0.1, 0.15) is 19.4 Å². The van der Waals surface area contributed by atoms with Crippen LogP contribution in [0.25, 0.3) is 10.8 Å². The molecule has 2 amide bonds. The van der Waals surface area contributed by atoms with E-state index in [1.807, 2.05) is 47.8 Å². The Bertz CT molecular complexity index is 788. The second-order valence-electron chi connectivity index (χ2n) is 6.48. The molecule has 4 nitrogen and oxygen atoms in total. The zero-order valence-electron chi connectivity index (χ0n) is 14.6. The van der Waals surface area contributed by atoms with Crippen molar-refractivity contribution in [2.75, 3.05) is 6.54 Å². The van der Waals surface area contributed by atoms with Gasteiger partial charge in [0, 0.05) is 0 Å². The minimum absolute atomic E-state index is 0.0423. The van der Waals surface area contributed by atoms with Gasteiger partial charge in [-0.05, 0) is 22.3 Å². The fourth-order valence-electron chi connectivity index (χ4n) is 2.59. The first-order valence-corrected chi connectivity index (χ1v) is 8.27. The van der Waals surface area contributed by atoms with E-state index in [0.717, 1.165) is 16.3 Å². The number of hydrogen-bond donors (Lipinski definition) is 2. The molecular weight excluding hydrogens is 345 g/mol. The van der Waals surface area contributed by atoms with E-state index in [1.165, 1.54) is 0 Å². The van der Waals surface area contributed by atoms with Gasteiger partial charge in [-0.1, -0.05) is 56.3 Å². The highest BCUT2D eigenvalue weighted by atomic mass is 19.4. The summed E-state index contributed by atoms with van der Waals surface area (Å²) >= 11 is 0. The summed E-state index contributed by atoms with van der Waals surface area (Å²) in [5.74, 6) is -1.60. The van der Waals surface area contributed by atoms with Gasteiger partial charge in [0.2, 0.25) is 11.8 Å². The lowest BCUT2D eigenvalue weighted by Gasteiger charge is -2.22. The molecule has 1 unspecified atom stereocenters. The summed E-state index contributed by atoms with van der Waals surface area (Å²) < 4.78 is 36.8. The third-order valence-electron chi connectivity index (χ3n) is 3.91. The predicted octanol–water partition coefficient (Wildman–Crippen LogP) is 3.20. The minimum Gasteiger partial charge on any atom is -0.345 e. The predicted molar refractivity (Wildman–Crippen MR) is 93.5 cm³/mol. The van der Waals surface area contributed by atoms with Crippen molar-refractivity contribution in [3.63, 3.8) is 0 Å². The maximum absolute atomic E-state index is 12.3. The molecular formula is C19H21F3N2O2. The lowest BCUT2D eigenvalue weighted by Crippen LogP contribution is -2.51. The van der Waals surface area contributed by atoms with E-state index in [9.17, 15) is 22.8 Å². The van der Waals surface area contributed by atoms with Crippen molar-refractivity contribution < 1.29 is 22.8 Å². The van der Waals surface area contributed by atoms with Crippen LogP contribution in [0.3, 0.4) is 0 Å². The molecule has 0 spiro atoms. The zero-order chi connectivity index (χ0) is 19.3. The van der Waals surface area contributed by atoms with Crippen LogP contribution in [0.15, 0.2) is 42.5 Å². The SMILES string of the molecule is CC(C)C(NC(=O)Cc1ccc2ccccc2c1)C(=O)NCC(F)(F)F. The van der Waals surface area contributed by atoms with Gasteiger partial charge in [0.25, 0.3) is 0 Å². The third kappa shape index (κ3) is 5.75. The lowest BCUT2D eigenvalue weighted by molar-refractivity contribution is -0.141. The van der Waals surface area contributed by atoms with Crippen molar-refractivity contribution in [2.45, 2.75) is 32.5 Å². The molecule has 2 aromatic rings. The van der Waals surface area contributed by atoms with Gasteiger partial charge < -0.3 is 10.6 Å². The van der Waals surface area contributed by atoms with Crippen LogP contribution >= 0.6 is 0 Å². The molecule has 26 heavy (non-hydrogen) atoms. The number of rotatable bonds is 6. The second kappa shape index (κ2) is 8.21. The first-order valence-electron chi connectivity index (χ1n) is 8.27. The maximum Gasteiger partial charge on any atom is 0.405 e. The van der Waals surface area contributed by atoms with Crippen LogP contribution < -0.4 is 10.6 Å². The van der Waals surface area contributed by atoms with Crippen LogP contribution in [0.5, 0.6) is 0 Å². The number of nitrogens with one attached hydrogen (secondary N) is 2. The molecule has 140 valence electrons. The number of alkyl halides is 3. The highest BCUT2D eigenvalue weighted by Crippen LogP contribution is 2.16. The van der Waals surface area contributed by atoms with E-state index < -0.39 is 30.6 Å². The Morgan fingerprint density at radius 2 is 1.69 bits per heavy atom. The summed E-state index contributed by atoms with van der Waals surface area (Å²) in [7, 11) is 0. The first-order chi connectivity index (χ1) is 12.2. The molecule has 2 rings (SSSR count). The largest absolute Gasteiger partial charge is 0.405 e. The average Bonchev–Trinajstić information content (AvgIpc) is 2.56. The van der Waals surface area contributed by atoms with Crippen LogP contribution in [-0.4, -0.2) is 30.6 Å². The Balaban J connectivity index is 2.01. The number of carbonyl (C=O) groups excluding carboxylic acids is 2. The number of benzene rings is 2. The average molecular weight is 366 g/mol. The standard InChI is InChI=1S/C19H21F3N2O2/c1-12(2)17(18(26)23-11-19(20,21)22)24-16(25)10-13-7-8-14-5-3-4-6-15(14)9-13/h3-9,12,17H,10-11H2,1-2H3,(H,23,26)(H,24,25). The fraction of sp³-hybridized carbons (Fsp3) is 0.368. The molecule has 7 heteroatoms. The van der Waals surface area contributed by atoms with Gasteiger partial charge in [-0.25, -0.2) is 0 Å². The van der Waals surface area contributed by atoms with Crippen molar-refractivity contribution in [2.24, 2.45) is 5.92 Å². The number of amides is 2. The number of hydrogen-bond acceptors (Lipinski definition) is 2. The van der Waals surface area contributed by atoms with Crippen molar-refractivity contribution in [3.05, 3.63) is 48.0 Å². The van der Waals surface area contributed by atoms with Gasteiger partial charge in [-0.3, -0.25) is 9.59 Å². The summed E-state index contributed by atoms with van der Waals surface area (Å²) in [6.45, 7) is 1.90. The van der Waals surface area contributed by atoms with Crippen molar-refractivity contribution in [1.82, 2.24) is 10.6 Å². The zero-order valence-corrected chi connectivity index (χ0v) is 14.6. The van der Waals surface area contributed by atoms with E-state index in [-0.39, 0.29) is 12.3 Å². The number of halogens is 3. The highest BCUT2D eigenvalue weighted by Gasteiger charge is 2.31. The third-order valence-corrected chi connectivity index (χ3v) is 3.91. The molecule has 0 radical (unpaired) electrons. The van der Waals surface area contributed by atoms with Crippen molar-refractivity contribution in [1.29, 1.82) is 0 Å². The molecule has 1 atom stereocenters. The topological polar surface area (TPSA) is 58.2 Å². The van der Waals surface area contributed by atoms with E-state index in [4.69, 9.17) is 0 Å². The van der Waals surface area contributed by atoms with Gasteiger partial charge >= 0.3 is 6.18 Å². The molecule has 2 aromatic carbocycles. The summed E-state index contributed by atoms with van der Waals surface area (Å²) in [6.07, 6.45) is -4.45. The van der Waals surface area contributed by atoms with E-state index in [2.05, 4.69) is 5.32 Å².